The number of nitrogens with zero attached hydrogens (tertiary/aromatic N) is 1. The Morgan fingerprint density at radius 3 is 2.62 bits per heavy atom. The van der Waals surface area contributed by atoms with Crippen molar-refractivity contribution in [3.63, 3.8) is 0 Å². The molecule has 1 amide bonds. The topological polar surface area (TPSA) is 32.3 Å². The molecule has 24 heavy (non-hydrogen) atoms. The van der Waals surface area contributed by atoms with Gasteiger partial charge >= 0.3 is 0 Å². The van der Waals surface area contributed by atoms with Crippen LogP contribution in [0.4, 0.5) is 4.39 Å². The van der Waals surface area contributed by atoms with Crippen molar-refractivity contribution in [2.75, 3.05) is 19.6 Å². The standard InChI is InChI=1S/C20H23FN2O/c1-15(16-7-9-19(21)10-8-16)22-20(24)14-23-12-11-18(13-23)17-5-3-2-4-6-17/h2-10,15,18H,11-14H2,1H3,(H,22,24)/t15-,18-/m0/s1. The lowest BCUT2D eigenvalue weighted by atomic mass is 9.99. The zero-order chi connectivity index (χ0) is 16.9. The second kappa shape index (κ2) is 7.58. The maximum atomic E-state index is 13.0. The molecule has 0 bridgehead atoms. The summed E-state index contributed by atoms with van der Waals surface area (Å²) in [6.07, 6.45) is 1.09. The van der Waals surface area contributed by atoms with Crippen LogP contribution >= 0.6 is 0 Å². The van der Waals surface area contributed by atoms with Gasteiger partial charge in [0.25, 0.3) is 0 Å². The van der Waals surface area contributed by atoms with Crippen LogP contribution in [0.25, 0.3) is 0 Å². The summed E-state index contributed by atoms with van der Waals surface area (Å²) < 4.78 is 13.0. The molecule has 3 rings (SSSR count). The van der Waals surface area contributed by atoms with Gasteiger partial charge < -0.3 is 5.32 Å². The third kappa shape index (κ3) is 4.20. The van der Waals surface area contributed by atoms with E-state index in [2.05, 4.69) is 34.5 Å². The number of rotatable bonds is 5. The molecule has 0 aromatic heterocycles. The third-order valence-electron chi connectivity index (χ3n) is 4.66. The van der Waals surface area contributed by atoms with Crippen molar-refractivity contribution in [1.29, 1.82) is 0 Å². The van der Waals surface area contributed by atoms with E-state index in [0.717, 1.165) is 25.1 Å². The second-order valence-corrected chi connectivity index (χ2v) is 6.47. The normalized spacial score (nSPS) is 19.2. The maximum absolute atomic E-state index is 13.0. The molecule has 1 heterocycles. The molecule has 0 radical (unpaired) electrons. The summed E-state index contributed by atoms with van der Waals surface area (Å²) in [5.41, 5.74) is 2.26. The van der Waals surface area contributed by atoms with Gasteiger partial charge in [0.2, 0.25) is 5.91 Å². The second-order valence-electron chi connectivity index (χ2n) is 6.47. The Morgan fingerprint density at radius 2 is 1.92 bits per heavy atom. The molecular weight excluding hydrogens is 303 g/mol. The first-order chi connectivity index (χ1) is 11.6. The number of halogens is 1. The van der Waals surface area contributed by atoms with Gasteiger partial charge in [0.15, 0.2) is 0 Å². The van der Waals surface area contributed by atoms with Crippen LogP contribution < -0.4 is 5.32 Å². The summed E-state index contributed by atoms with van der Waals surface area (Å²) in [4.78, 5) is 14.5. The molecule has 1 fully saturated rings. The molecule has 3 nitrogen and oxygen atoms in total. The van der Waals surface area contributed by atoms with Crippen LogP contribution in [0.2, 0.25) is 0 Å². The number of amides is 1. The Hall–Kier alpha value is -2.20. The van der Waals surface area contributed by atoms with Crippen LogP contribution in [0.15, 0.2) is 54.6 Å². The summed E-state index contributed by atoms with van der Waals surface area (Å²) in [5.74, 6) is 0.260. The lowest BCUT2D eigenvalue weighted by molar-refractivity contribution is -0.122. The Bertz CT molecular complexity index is 672. The molecule has 4 heteroatoms. The van der Waals surface area contributed by atoms with E-state index in [-0.39, 0.29) is 17.8 Å². The molecular formula is C20H23FN2O. The SMILES string of the molecule is C[C@H](NC(=O)CN1CC[C@H](c2ccccc2)C1)c1ccc(F)cc1. The summed E-state index contributed by atoms with van der Waals surface area (Å²) in [7, 11) is 0. The van der Waals surface area contributed by atoms with Crippen molar-refractivity contribution >= 4 is 5.91 Å². The zero-order valence-electron chi connectivity index (χ0n) is 13.9. The van der Waals surface area contributed by atoms with E-state index in [0.29, 0.717) is 12.5 Å². The van der Waals surface area contributed by atoms with Crippen molar-refractivity contribution in [2.24, 2.45) is 0 Å². The fourth-order valence-corrected chi connectivity index (χ4v) is 3.30. The highest BCUT2D eigenvalue weighted by atomic mass is 19.1. The van der Waals surface area contributed by atoms with Gasteiger partial charge in [-0.25, -0.2) is 4.39 Å². The number of hydrogen-bond donors (Lipinski definition) is 1. The van der Waals surface area contributed by atoms with Crippen molar-refractivity contribution in [3.05, 3.63) is 71.5 Å². The molecule has 2 aromatic rings. The monoisotopic (exact) mass is 326 g/mol. The smallest absolute Gasteiger partial charge is 0.234 e. The molecule has 1 aliphatic heterocycles. The number of carbonyl (C=O) groups is 1. The molecule has 1 aliphatic rings. The van der Waals surface area contributed by atoms with E-state index in [9.17, 15) is 9.18 Å². The van der Waals surface area contributed by atoms with Crippen LogP contribution in [0.1, 0.15) is 36.4 Å². The highest BCUT2D eigenvalue weighted by molar-refractivity contribution is 5.78. The number of hydrogen-bond acceptors (Lipinski definition) is 2. The highest BCUT2D eigenvalue weighted by Crippen LogP contribution is 2.26. The van der Waals surface area contributed by atoms with E-state index in [1.807, 2.05) is 13.0 Å². The van der Waals surface area contributed by atoms with Crippen molar-refractivity contribution in [1.82, 2.24) is 10.2 Å². The first-order valence-electron chi connectivity index (χ1n) is 8.44. The maximum Gasteiger partial charge on any atom is 0.234 e. The molecule has 1 N–H and O–H groups in total. The number of nitrogens with one attached hydrogen (secondary N) is 1. The van der Waals surface area contributed by atoms with Gasteiger partial charge in [0.1, 0.15) is 5.82 Å². The molecule has 126 valence electrons. The minimum Gasteiger partial charge on any atom is -0.348 e. The lowest BCUT2D eigenvalue weighted by Gasteiger charge is -2.19. The average Bonchev–Trinajstić information content (AvgIpc) is 3.04. The van der Waals surface area contributed by atoms with Crippen LogP contribution in [0.5, 0.6) is 0 Å². The van der Waals surface area contributed by atoms with Gasteiger partial charge in [-0.15, -0.1) is 0 Å². The van der Waals surface area contributed by atoms with Crippen LogP contribution in [0, 0.1) is 5.82 Å². The van der Waals surface area contributed by atoms with E-state index < -0.39 is 0 Å². The number of benzene rings is 2. The van der Waals surface area contributed by atoms with Crippen molar-refractivity contribution < 1.29 is 9.18 Å². The van der Waals surface area contributed by atoms with Crippen LogP contribution in [0.3, 0.4) is 0 Å². The fourth-order valence-electron chi connectivity index (χ4n) is 3.30. The highest BCUT2D eigenvalue weighted by Gasteiger charge is 2.25. The van der Waals surface area contributed by atoms with E-state index >= 15 is 0 Å². The predicted octanol–water partition coefficient (Wildman–Crippen LogP) is 3.49. The largest absolute Gasteiger partial charge is 0.348 e. The minimum absolute atomic E-state index is 0.0144. The van der Waals surface area contributed by atoms with E-state index in [1.165, 1.54) is 17.7 Å². The van der Waals surface area contributed by atoms with Gasteiger partial charge in [-0.1, -0.05) is 42.5 Å². The van der Waals surface area contributed by atoms with Gasteiger partial charge in [-0.3, -0.25) is 9.69 Å². The molecule has 0 spiro atoms. The fraction of sp³-hybridized carbons (Fsp3) is 0.350. The van der Waals surface area contributed by atoms with Gasteiger partial charge in [-0.05, 0) is 49.1 Å². The van der Waals surface area contributed by atoms with Gasteiger partial charge in [0, 0.05) is 6.54 Å². The minimum atomic E-state index is -0.263. The Kier molecular flexibility index (Phi) is 5.26. The average molecular weight is 326 g/mol. The summed E-state index contributed by atoms with van der Waals surface area (Å²) in [6.45, 7) is 4.19. The molecule has 1 saturated heterocycles. The van der Waals surface area contributed by atoms with Crippen LogP contribution in [-0.4, -0.2) is 30.4 Å². The molecule has 2 aromatic carbocycles. The Balaban J connectivity index is 1.49. The lowest BCUT2D eigenvalue weighted by Crippen LogP contribution is -2.37. The molecule has 0 aliphatic carbocycles. The summed E-state index contributed by atoms with van der Waals surface area (Å²) >= 11 is 0. The van der Waals surface area contributed by atoms with Crippen molar-refractivity contribution in [2.45, 2.75) is 25.3 Å². The zero-order valence-corrected chi connectivity index (χ0v) is 13.9. The predicted molar refractivity (Wildman–Crippen MR) is 93.2 cm³/mol. The first-order valence-corrected chi connectivity index (χ1v) is 8.44. The van der Waals surface area contributed by atoms with Crippen molar-refractivity contribution in [3.8, 4) is 0 Å². The molecule has 2 atom stereocenters. The summed E-state index contributed by atoms with van der Waals surface area (Å²) in [6, 6.07) is 16.6. The first kappa shape index (κ1) is 16.7. The summed E-state index contributed by atoms with van der Waals surface area (Å²) in [5, 5.41) is 2.99. The Labute approximate surface area is 142 Å². The van der Waals surface area contributed by atoms with E-state index in [4.69, 9.17) is 0 Å². The number of carbonyl (C=O) groups excluding carboxylic acids is 1. The van der Waals surface area contributed by atoms with Crippen LogP contribution in [-0.2, 0) is 4.79 Å². The van der Waals surface area contributed by atoms with E-state index in [1.54, 1.807) is 12.1 Å². The molecule has 0 unspecified atom stereocenters. The Morgan fingerprint density at radius 1 is 1.21 bits per heavy atom. The van der Waals surface area contributed by atoms with Gasteiger partial charge in [-0.2, -0.15) is 0 Å². The third-order valence-corrected chi connectivity index (χ3v) is 4.66. The quantitative estimate of drug-likeness (QED) is 0.912. The van der Waals surface area contributed by atoms with Gasteiger partial charge in [0.05, 0.1) is 12.6 Å². The number of likely N-dealkylation sites (tertiary alicyclic amines) is 1. The molecule has 0 saturated carbocycles.